The van der Waals surface area contributed by atoms with Gasteiger partial charge < -0.3 is 4.18 Å². The van der Waals surface area contributed by atoms with Gasteiger partial charge in [-0.25, -0.2) is 0 Å². The third kappa shape index (κ3) is 3.80. The Balaban J connectivity index is 2.60. The lowest BCUT2D eigenvalue weighted by molar-refractivity contribution is -0.0500. The molecule has 8 heteroatoms. The van der Waals surface area contributed by atoms with Crippen LogP contribution in [0.3, 0.4) is 0 Å². The number of rotatable bonds is 3. The molecule has 2 aromatic rings. The second kappa shape index (κ2) is 6.15. The zero-order chi connectivity index (χ0) is 18.3. The number of thioether (sulfide) groups is 1. The first kappa shape index (κ1) is 18.9. The van der Waals surface area contributed by atoms with Crippen LogP contribution in [0.4, 0.5) is 13.2 Å². The number of alkyl halides is 3. The minimum absolute atomic E-state index is 0.147. The van der Waals surface area contributed by atoms with E-state index in [9.17, 15) is 21.6 Å². The van der Waals surface area contributed by atoms with Crippen LogP contribution < -0.4 is 4.18 Å². The Kier molecular flexibility index (Phi) is 4.85. The molecule has 0 saturated carbocycles. The van der Waals surface area contributed by atoms with E-state index in [1.165, 1.54) is 6.07 Å². The average molecular weight is 378 g/mol. The SMILES string of the molecule is CSc1cc2ccc(C(C)(C)C)cc2cc1OS(=O)(=O)C(F)(F)F. The molecule has 0 aliphatic heterocycles. The highest BCUT2D eigenvalue weighted by atomic mass is 32.2. The van der Waals surface area contributed by atoms with Crippen LogP contribution in [-0.2, 0) is 15.5 Å². The number of halogens is 3. The lowest BCUT2D eigenvalue weighted by atomic mass is 9.86. The molecule has 0 bridgehead atoms. The standard InChI is InChI=1S/C16H17F3O3S2/c1-15(2,3)12-6-5-10-9-14(23-4)13(8-11(10)7-12)22-24(20,21)16(17,18)19/h5-9H,1-4H3. The molecule has 3 nitrogen and oxygen atoms in total. The predicted octanol–water partition coefficient (Wildman–Crippen LogP) is 5.09. The molecule has 0 N–H and O–H groups in total. The molecule has 0 saturated heterocycles. The van der Waals surface area contributed by atoms with Crippen molar-refractivity contribution < 1.29 is 25.8 Å². The molecule has 0 amide bonds. The molecule has 24 heavy (non-hydrogen) atoms. The number of hydrogen-bond acceptors (Lipinski definition) is 4. The minimum Gasteiger partial charge on any atom is -0.375 e. The van der Waals surface area contributed by atoms with Gasteiger partial charge in [0.2, 0.25) is 0 Å². The second-order valence-electron chi connectivity index (χ2n) is 6.30. The largest absolute Gasteiger partial charge is 0.534 e. The van der Waals surface area contributed by atoms with E-state index in [4.69, 9.17) is 0 Å². The first-order valence-corrected chi connectivity index (χ1v) is 9.61. The van der Waals surface area contributed by atoms with E-state index in [-0.39, 0.29) is 11.2 Å². The third-order valence-electron chi connectivity index (χ3n) is 3.47. The predicted molar refractivity (Wildman–Crippen MR) is 90.0 cm³/mol. The van der Waals surface area contributed by atoms with Crippen molar-refractivity contribution in [2.75, 3.05) is 6.26 Å². The van der Waals surface area contributed by atoms with Crippen LogP contribution in [0.2, 0.25) is 0 Å². The summed E-state index contributed by atoms with van der Waals surface area (Å²) < 4.78 is 64.6. The van der Waals surface area contributed by atoms with Crippen molar-refractivity contribution in [1.82, 2.24) is 0 Å². The van der Waals surface area contributed by atoms with E-state index in [1.807, 2.05) is 39.0 Å². The van der Waals surface area contributed by atoms with E-state index < -0.39 is 15.6 Å². The molecule has 132 valence electrons. The number of hydrogen-bond donors (Lipinski definition) is 0. The van der Waals surface area contributed by atoms with Crippen molar-refractivity contribution in [1.29, 1.82) is 0 Å². The van der Waals surface area contributed by atoms with Crippen LogP contribution in [0.1, 0.15) is 26.3 Å². The van der Waals surface area contributed by atoms with Crippen LogP contribution in [0.25, 0.3) is 10.8 Å². The summed E-state index contributed by atoms with van der Waals surface area (Å²) in [5.74, 6) is -0.321. The van der Waals surface area contributed by atoms with Crippen LogP contribution in [0.15, 0.2) is 35.2 Å². The van der Waals surface area contributed by atoms with E-state index in [2.05, 4.69) is 4.18 Å². The first-order valence-electron chi connectivity index (χ1n) is 6.98. The zero-order valence-electron chi connectivity index (χ0n) is 13.6. The highest BCUT2D eigenvalue weighted by molar-refractivity contribution is 7.98. The van der Waals surface area contributed by atoms with Crippen LogP contribution in [-0.4, -0.2) is 20.2 Å². The van der Waals surface area contributed by atoms with E-state index >= 15 is 0 Å². The monoisotopic (exact) mass is 378 g/mol. The average Bonchev–Trinajstić information content (AvgIpc) is 2.43. The van der Waals surface area contributed by atoms with E-state index in [0.717, 1.165) is 22.7 Å². The third-order valence-corrected chi connectivity index (χ3v) is 5.20. The van der Waals surface area contributed by atoms with Crippen molar-refractivity contribution in [3.8, 4) is 5.75 Å². The zero-order valence-corrected chi connectivity index (χ0v) is 15.2. The summed E-state index contributed by atoms with van der Waals surface area (Å²) in [6.45, 7) is 6.03. The van der Waals surface area contributed by atoms with Gasteiger partial charge in [-0.3, -0.25) is 0 Å². The summed E-state index contributed by atoms with van der Waals surface area (Å²) in [6.07, 6.45) is 1.64. The maximum Gasteiger partial charge on any atom is 0.534 e. The van der Waals surface area contributed by atoms with Crippen molar-refractivity contribution in [2.24, 2.45) is 0 Å². The van der Waals surface area contributed by atoms with Gasteiger partial charge in [0.1, 0.15) is 0 Å². The number of benzene rings is 2. The molecule has 0 aliphatic rings. The topological polar surface area (TPSA) is 43.4 Å². The highest BCUT2D eigenvalue weighted by Gasteiger charge is 2.48. The van der Waals surface area contributed by atoms with Crippen LogP contribution in [0.5, 0.6) is 5.75 Å². The van der Waals surface area contributed by atoms with Gasteiger partial charge in [0.05, 0.1) is 4.90 Å². The summed E-state index contributed by atoms with van der Waals surface area (Å²) in [5, 5.41) is 1.41. The smallest absolute Gasteiger partial charge is 0.375 e. The molecular weight excluding hydrogens is 361 g/mol. The Labute approximate surface area is 143 Å². The van der Waals surface area contributed by atoms with Crippen molar-refractivity contribution in [3.05, 3.63) is 35.9 Å². The van der Waals surface area contributed by atoms with Gasteiger partial charge in [-0.1, -0.05) is 39.0 Å². The van der Waals surface area contributed by atoms with Gasteiger partial charge in [-0.15, -0.1) is 11.8 Å². The van der Waals surface area contributed by atoms with Gasteiger partial charge in [0, 0.05) is 0 Å². The van der Waals surface area contributed by atoms with Crippen LogP contribution >= 0.6 is 11.8 Å². The van der Waals surface area contributed by atoms with Gasteiger partial charge in [0.15, 0.2) is 5.75 Å². The molecule has 0 radical (unpaired) electrons. The molecule has 2 rings (SSSR count). The van der Waals surface area contributed by atoms with Gasteiger partial charge in [0.25, 0.3) is 0 Å². The lowest BCUT2D eigenvalue weighted by Gasteiger charge is -2.20. The lowest BCUT2D eigenvalue weighted by Crippen LogP contribution is -2.28. The Morgan fingerprint density at radius 2 is 1.62 bits per heavy atom. The molecule has 0 spiro atoms. The maximum atomic E-state index is 12.6. The Morgan fingerprint density at radius 1 is 1.00 bits per heavy atom. The van der Waals surface area contributed by atoms with Crippen molar-refractivity contribution in [3.63, 3.8) is 0 Å². The summed E-state index contributed by atoms with van der Waals surface area (Å²) in [5.41, 5.74) is -4.63. The molecular formula is C16H17F3O3S2. The molecule has 0 aromatic heterocycles. The van der Waals surface area contributed by atoms with Gasteiger partial charge >= 0.3 is 15.6 Å². The summed E-state index contributed by atoms with van der Waals surface area (Å²) in [6, 6.07) is 8.58. The Bertz CT molecular complexity index is 866. The maximum absolute atomic E-state index is 12.6. The fourth-order valence-corrected chi connectivity index (χ4v) is 3.18. The van der Waals surface area contributed by atoms with Gasteiger partial charge in [-0.2, -0.15) is 21.6 Å². The quantitative estimate of drug-likeness (QED) is 0.424. The molecule has 0 unspecified atom stereocenters. The highest BCUT2D eigenvalue weighted by Crippen LogP contribution is 2.37. The minimum atomic E-state index is -5.70. The first-order chi connectivity index (χ1) is 10.8. The Morgan fingerprint density at radius 3 is 2.12 bits per heavy atom. The Hall–Kier alpha value is -1.41. The normalized spacial score (nSPS) is 13.3. The summed E-state index contributed by atoms with van der Waals surface area (Å²) in [7, 11) is -5.70. The molecule has 0 atom stereocenters. The summed E-state index contributed by atoms with van der Waals surface area (Å²) in [4.78, 5) is 0.318. The van der Waals surface area contributed by atoms with Crippen molar-refractivity contribution >= 4 is 32.7 Å². The fourth-order valence-electron chi connectivity index (χ4n) is 2.11. The second-order valence-corrected chi connectivity index (χ2v) is 8.68. The summed E-state index contributed by atoms with van der Waals surface area (Å²) >= 11 is 1.11. The molecule has 0 heterocycles. The fraction of sp³-hybridized carbons (Fsp3) is 0.375. The van der Waals surface area contributed by atoms with Gasteiger partial charge in [-0.05, 0) is 40.1 Å². The molecule has 0 aliphatic carbocycles. The van der Waals surface area contributed by atoms with Crippen molar-refractivity contribution in [2.45, 2.75) is 36.6 Å². The van der Waals surface area contributed by atoms with E-state index in [0.29, 0.717) is 10.3 Å². The molecule has 2 aromatic carbocycles. The van der Waals surface area contributed by atoms with E-state index in [1.54, 1.807) is 12.3 Å². The molecule has 0 fully saturated rings. The number of fused-ring (bicyclic) bond motifs is 1. The van der Waals surface area contributed by atoms with Crippen LogP contribution in [0, 0.1) is 0 Å².